The van der Waals surface area contributed by atoms with E-state index in [1.54, 1.807) is 12.3 Å². The van der Waals surface area contributed by atoms with E-state index in [2.05, 4.69) is 4.98 Å². The summed E-state index contributed by atoms with van der Waals surface area (Å²) in [5.41, 5.74) is 1.66. The van der Waals surface area contributed by atoms with Crippen LogP contribution in [0.3, 0.4) is 0 Å². The Morgan fingerprint density at radius 2 is 2.24 bits per heavy atom. The number of hydrogen-bond donors (Lipinski definition) is 1. The van der Waals surface area contributed by atoms with Gasteiger partial charge in [0.2, 0.25) is 0 Å². The molecule has 0 atom stereocenters. The molecule has 3 nitrogen and oxygen atoms in total. The fourth-order valence-electron chi connectivity index (χ4n) is 1.89. The molecule has 0 unspecified atom stereocenters. The summed E-state index contributed by atoms with van der Waals surface area (Å²) in [4.78, 5) is 6.21. The predicted molar refractivity (Wildman–Crippen MR) is 65.1 cm³/mol. The second-order valence-corrected chi connectivity index (χ2v) is 4.10. The number of aliphatic hydroxyl groups excluding tert-OH is 1. The number of likely N-dealkylation sites (N-methyl/N-ethyl adjacent to an activating group) is 1. The number of hydrogen-bond acceptors (Lipinski definition) is 3. The first-order valence-corrected chi connectivity index (χ1v) is 5.53. The summed E-state index contributed by atoms with van der Waals surface area (Å²) in [6.07, 6.45) is 1.70. The molecule has 0 aliphatic carbocycles. The van der Waals surface area contributed by atoms with Crippen LogP contribution < -0.4 is 0 Å². The highest BCUT2D eigenvalue weighted by Crippen LogP contribution is 2.19. The first kappa shape index (κ1) is 12.0. The van der Waals surface area contributed by atoms with Crippen LogP contribution in [0.25, 0.3) is 10.9 Å². The standard InChI is InChI=1S/C13H15FN2O/c1-16(5-6-17)9-11-8-12(14)7-10-3-2-4-15-13(10)11/h2-4,7-8,17H,5-6,9H2,1H3. The molecule has 0 fully saturated rings. The number of pyridine rings is 1. The van der Waals surface area contributed by atoms with Crippen LogP contribution in [0.2, 0.25) is 0 Å². The molecule has 1 aromatic heterocycles. The van der Waals surface area contributed by atoms with Crippen LogP contribution in [-0.4, -0.2) is 35.2 Å². The van der Waals surface area contributed by atoms with Gasteiger partial charge in [-0.25, -0.2) is 4.39 Å². The van der Waals surface area contributed by atoms with Crippen molar-refractivity contribution in [2.45, 2.75) is 6.54 Å². The number of halogens is 1. The van der Waals surface area contributed by atoms with E-state index in [0.29, 0.717) is 13.1 Å². The molecular weight excluding hydrogens is 219 g/mol. The van der Waals surface area contributed by atoms with Crippen molar-refractivity contribution in [1.29, 1.82) is 0 Å². The Morgan fingerprint density at radius 1 is 1.41 bits per heavy atom. The van der Waals surface area contributed by atoms with Crippen LogP contribution in [0, 0.1) is 5.82 Å². The molecule has 1 aromatic carbocycles. The number of nitrogens with zero attached hydrogens (tertiary/aromatic N) is 2. The molecule has 0 aliphatic rings. The summed E-state index contributed by atoms with van der Waals surface area (Å²) >= 11 is 0. The lowest BCUT2D eigenvalue weighted by Crippen LogP contribution is -2.21. The average molecular weight is 234 g/mol. The van der Waals surface area contributed by atoms with Gasteiger partial charge in [-0.1, -0.05) is 6.07 Å². The van der Waals surface area contributed by atoms with Crippen molar-refractivity contribution >= 4 is 10.9 Å². The molecule has 1 heterocycles. The molecule has 0 spiro atoms. The third kappa shape index (κ3) is 2.78. The molecule has 2 aromatic rings. The van der Waals surface area contributed by atoms with Gasteiger partial charge in [-0.15, -0.1) is 0 Å². The smallest absolute Gasteiger partial charge is 0.124 e. The van der Waals surface area contributed by atoms with E-state index >= 15 is 0 Å². The van der Waals surface area contributed by atoms with Crippen molar-refractivity contribution in [2.75, 3.05) is 20.2 Å². The van der Waals surface area contributed by atoms with Crippen LogP contribution >= 0.6 is 0 Å². The normalized spacial score (nSPS) is 11.3. The van der Waals surface area contributed by atoms with E-state index in [0.717, 1.165) is 16.5 Å². The number of aliphatic hydroxyl groups is 1. The average Bonchev–Trinajstić information content (AvgIpc) is 2.29. The maximum absolute atomic E-state index is 13.4. The molecule has 0 bridgehead atoms. The highest BCUT2D eigenvalue weighted by Gasteiger charge is 2.07. The van der Waals surface area contributed by atoms with Crippen LogP contribution in [0.4, 0.5) is 4.39 Å². The van der Waals surface area contributed by atoms with E-state index in [9.17, 15) is 4.39 Å². The zero-order valence-electron chi connectivity index (χ0n) is 9.73. The zero-order chi connectivity index (χ0) is 12.3. The minimum Gasteiger partial charge on any atom is -0.395 e. The maximum Gasteiger partial charge on any atom is 0.124 e. The molecule has 2 rings (SSSR count). The largest absolute Gasteiger partial charge is 0.395 e. The molecular formula is C13H15FN2O. The van der Waals surface area contributed by atoms with Crippen LogP contribution in [0.15, 0.2) is 30.5 Å². The molecule has 0 amide bonds. The van der Waals surface area contributed by atoms with Crippen molar-refractivity contribution in [3.8, 4) is 0 Å². The number of rotatable bonds is 4. The fraction of sp³-hybridized carbons (Fsp3) is 0.308. The summed E-state index contributed by atoms with van der Waals surface area (Å²) in [6.45, 7) is 1.23. The fourth-order valence-corrected chi connectivity index (χ4v) is 1.89. The van der Waals surface area contributed by atoms with Gasteiger partial charge in [0.15, 0.2) is 0 Å². The zero-order valence-corrected chi connectivity index (χ0v) is 9.73. The quantitative estimate of drug-likeness (QED) is 0.876. The number of aromatic nitrogens is 1. The molecule has 0 radical (unpaired) electrons. The second-order valence-electron chi connectivity index (χ2n) is 4.10. The van der Waals surface area contributed by atoms with Crippen molar-refractivity contribution in [2.24, 2.45) is 0 Å². The lowest BCUT2D eigenvalue weighted by Gasteiger charge is -2.16. The lowest BCUT2D eigenvalue weighted by molar-refractivity contribution is 0.217. The van der Waals surface area contributed by atoms with Crippen LogP contribution in [0.5, 0.6) is 0 Å². The molecule has 0 saturated carbocycles. The minimum absolute atomic E-state index is 0.0944. The van der Waals surface area contributed by atoms with E-state index in [1.165, 1.54) is 12.1 Å². The topological polar surface area (TPSA) is 36.4 Å². The lowest BCUT2D eigenvalue weighted by atomic mass is 10.1. The van der Waals surface area contributed by atoms with Crippen LogP contribution in [-0.2, 0) is 6.54 Å². The summed E-state index contributed by atoms with van der Waals surface area (Å²) in [5, 5.41) is 9.66. The van der Waals surface area contributed by atoms with E-state index in [4.69, 9.17) is 5.11 Å². The SMILES string of the molecule is CN(CCO)Cc1cc(F)cc2cccnc12. The second kappa shape index (κ2) is 5.21. The van der Waals surface area contributed by atoms with Gasteiger partial charge >= 0.3 is 0 Å². The van der Waals surface area contributed by atoms with Crippen molar-refractivity contribution in [1.82, 2.24) is 9.88 Å². The third-order valence-electron chi connectivity index (χ3n) is 2.67. The Kier molecular flexibility index (Phi) is 3.66. The van der Waals surface area contributed by atoms with Gasteiger partial charge in [0.05, 0.1) is 12.1 Å². The summed E-state index contributed by atoms with van der Waals surface area (Å²) in [6, 6.07) is 6.63. The Hall–Kier alpha value is -1.52. The molecule has 4 heteroatoms. The molecule has 90 valence electrons. The van der Waals surface area contributed by atoms with Crippen LogP contribution in [0.1, 0.15) is 5.56 Å². The van der Waals surface area contributed by atoms with Gasteiger partial charge in [-0.05, 0) is 30.8 Å². The van der Waals surface area contributed by atoms with E-state index in [-0.39, 0.29) is 12.4 Å². The molecule has 0 aliphatic heterocycles. The van der Waals surface area contributed by atoms with Crippen molar-refractivity contribution < 1.29 is 9.50 Å². The highest BCUT2D eigenvalue weighted by atomic mass is 19.1. The summed E-state index contributed by atoms with van der Waals surface area (Å²) < 4.78 is 13.4. The third-order valence-corrected chi connectivity index (χ3v) is 2.67. The van der Waals surface area contributed by atoms with Gasteiger partial charge in [-0.3, -0.25) is 9.88 Å². The molecule has 17 heavy (non-hydrogen) atoms. The molecule has 0 saturated heterocycles. The van der Waals surface area contributed by atoms with E-state index < -0.39 is 0 Å². The number of fused-ring (bicyclic) bond motifs is 1. The maximum atomic E-state index is 13.4. The minimum atomic E-state index is -0.252. The van der Waals surface area contributed by atoms with Gasteiger partial charge in [0, 0.05) is 24.7 Å². The van der Waals surface area contributed by atoms with Gasteiger partial charge in [0.25, 0.3) is 0 Å². The Bertz CT molecular complexity index is 516. The Labute approximate surface area is 99.5 Å². The highest BCUT2D eigenvalue weighted by molar-refractivity contribution is 5.81. The first-order valence-electron chi connectivity index (χ1n) is 5.53. The van der Waals surface area contributed by atoms with Gasteiger partial charge in [0.1, 0.15) is 5.82 Å². The van der Waals surface area contributed by atoms with E-state index in [1.807, 2.05) is 18.0 Å². The summed E-state index contributed by atoms with van der Waals surface area (Å²) in [7, 11) is 1.88. The molecule has 1 N–H and O–H groups in total. The van der Waals surface area contributed by atoms with Gasteiger partial charge < -0.3 is 5.11 Å². The summed E-state index contributed by atoms with van der Waals surface area (Å²) in [5.74, 6) is -0.252. The monoisotopic (exact) mass is 234 g/mol. The number of benzene rings is 1. The van der Waals surface area contributed by atoms with Gasteiger partial charge in [-0.2, -0.15) is 0 Å². The predicted octanol–water partition coefficient (Wildman–Crippen LogP) is 1.80. The van der Waals surface area contributed by atoms with Crippen molar-refractivity contribution in [3.05, 3.63) is 41.8 Å². The van der Waals surface area contributed by atoms with Crippen molar-refractivity contribution in [3.63, 3.8) is 0 Å². The Morgan fingerprint density at radius 3 is 3.00 bits per heavy atom. The Balaban J connectivity index is 2.38. The first-order chi connectivity index (χ1) is 8.20.